The molecule has 0 saturated heterocycles. The number of anilines is 1. The minimum Gasteiger partial charge on any atom is -0.481 e. The van der Waals surface area contributed by atoms with Crippen LogP contribution in [0, 0.1) is 0 Å². The second-order valence-electron chi connectivity index (χ2n) is 4.41. The minimum atomic E-state index is -0.791. The zero-order valence-corrected chi connectivity index (χ0v) is 11.3. The molecule has 5 nitrogen and oxygen atoms in total. The van der Waals surface area contributed by atoms with Gasteiger partial charge in [-0.15, -0.1) is 0 Å². The Balaban J connectivity index is 2.52. The van der Waals surface area contributed by atoms with E-state index >= 15 is 0 Å². The number of carboxylic acids is 1. The summed E-state index contributed by atoms with van der Waals surface area (Å²) in [7, 11) is 0. The van der Waals surface area contributed by atoms with Crippen LogP contribution in [0.5, 0.6) is 0 Å². The van der Waals surface area contributed by atoms with Gasteiger partial charge in [0.25, 0.3) is 5.91 Å². The molecule has 0 radical (unpaired) electrons. The summed E-state index contributed by atoms with van der Waals surface area (Å²) in [4.78, 5) is 22.0. The average Bonchev–Trinajstić information content (AvgIpc) is 2.37. The van der Waals surface area contributed by atoms with Gasteiger partial charge in [-0.3, -0.25) is 9.59 Å². The van der Waals surface area contributed by atoms with Gasteiger partial charge in [-0.2, -0.15) is 0 Å². The van der Waals surface area contributed by atoms with Crippen molar-refractivity contribution in [1.29, 1.82) is 0 Å². The Morgan fingerprint density at radius 2 is 1.89 bits per heavy atom. The molecule has 0 bridgehead atoms. The quantitative estimate of drug-likeness (QED) is 0.704. The van der Waals surface area contributed by atoms with Crippen molar-refractivity contribution in [2.45, 2.75) is 32.7 Å². The lowest BCUT2D eigenvalue weighted by Gasteiger charge is -2.14. The molecule has 0 fully saturated rings. The van der Waals surface area contributed by atoms with Gasteiger partial charge in [0.1, 0.15) is 0 Å². The topological polar surface area (TPSA) is 78.4 Å². The van der Waals surface area contributed by atoms with Crippen LogP contribution in [0.15, 0.2) is 24.3 Å². The van der Waals surface area contributed by atoms with Crippen molar-refractivity contribution < 1.29 is 14.7 Å². The maximum atomic E-state index is 11.6. The summed E-state index contributed by atoms with van der Waals surface area (Å²) in [6, 6.07) is 7.21. The summed E-state index contributed by atoms with van der Waals surface area (Å²) in [5, 5.41) is 14.5. The van der Waals surface area contributed by atoms with E-state index in [0.29, 0.717) is 18.5 Å². The smallest absolute Gasteiger partial charge is 0.303 e. The number of aliphatic carboxylic acids is 1. The molecule has 0 saturated carbocycles. The highest BCUT2D eigenvalue weighted by Crippen LogP contribution is 2.12. The van der Waals surface area contributed by atoms with Crippen molar-refractivity contribution in [3.8, 4) is 0 Å². The van der Waals surface area contributed by atoms with E-state index < -0.39 is 5.97 Å². The number of amides is 1. The first kappa shape index (κ1) is 15.0. The van der Waals surface area contributed by atoms with Crippen LogP contribution in [0.25, 0.3) is 0 Å². The van der Waals surface area contributed by atoms with Crippen LogP contribution >= 0.6 is 0 Å². The molecular weight excluding hydrogens is 244 g/mol. The van der Waals surface area contributed by atoms with Crippen LogP contribution < -0.4 is 10.6 Å². The van der Waals surface area contributed by atoms with Gasteiger partial charge >= 0.3 is 5.97 Å². The summed E-state index contributed by atoms with van der Waals surface area (Å²) >= 11 is 0. The number of carboxylic acid groups (broad SMARTS) is 1. The van der Waals surface area contributed by atoms with Crippen LogP contribution in [0.2, 0.25) is 0 Å². The minimum absolute atomic E-state index is 0.0754. The number of hydrogen-bond acceptors (Lipinski definition) is 3. The van der Waals surface area contributed by atoms with Crippen molar-refractivity contribution in [3.05, 3.63) is 29.8 Å². The molecule has 1 atom stereocenters. The van der Waals surface area contributed by atoms with Crippen LogP contribution in [0.3, 0.4) is 0 Å². The molecule has 3 N–H and O–H groups in total. The summed E-state index contributed by atoms with van der Waals surface area (Å²) in [5.74, 6) is -0.881. The first-order valence-electron chi connectivity index (χ1n) is 6.39. The van der Waals surface area contributed by atoms with Crippen molar-refractivity contribution >= 4 is 17.6 Å². The van der Waals surface area contributed by atoms with Gasteiger partial charge in [0.15, 0.2) is 0 Å². The van der Waals surface area contributed by atoms with Crippen LogP contribution in [0.1, 0.15) is 37.0 Å². The Morgan fingerprint density at radius 3 is 2.42 bits per heavy atom. The monoisotopic (exact) mass is 264 g/mol. The average molecular weight is 264 g/mol. The molecule has 1 amide bonds. The third-order valence-electron chi connectivity index (χ3n) is 2.69. The summed E-state index contributed by atoms with van der Waals surface area (Å²) in [6.45, 7) is 4.41. The van der Waals surface area contributed by atoms with Crippen LogP contribution in [-0.2, 0) is 4.79 Å². The van der Waals surface area contributed by atoms with Gasteiger partial charge in [-0.05, 0) is 44.5 Å². The van der Waals surface area contributed by atoms with Crippen molar-refractivity contribution in [2.75, 3.05) is 11.9 Å². The van der Waals surface area contributed by atoms with Gasteiger partial charge in [-0.25, -0.2) is 0 Å². The van der Waals surface area contributed by atoms with E-state index in [1.807, 2.05) is 26.0 Å². The van der Waals surface area contributed by atoms with Crippen molar-refractivity contribution in [2.24, 2.45) is 0 Å². The molecule has 1 aromatic carbocycles. The van der Waals surface area contributed by atoms with E-state index in [-0.39, 0.29) is 18.4 Å². The van der Waals surface area contributed by atoms with Crippen molar-refractivity contribution in [1.82, 2.24) is 5.32 Å². The van der Waals surface area contributed by atoms with Gasteiger partial charge < -0.3 is 15.7 Å². The Kier molecular flexibility index (Phi) is 5.85. The molecule has 1 aromatic rings. The number of nitrogens with one attached hydrogen (secondary N) is 2. The predicted molar refractivity (Wildman–Crippen MR) is 74.4 cm³/mol. The lowest BCUT2D eigenvalue weighted by Crippen LogP contribution is -2.22. The third kappa shape index (κ3) is 5.42. The van der Waals surface area contributed by atoms with Gasteiger partial charge in [0.2, 0.25) is 0 Å². The standard InChI is InChI=1S/C14H20N2O3/c1-3-15-14(19)11-5-7-12(8-6-11)16-10(2)4-9-13(17)18/h5-8,10,16H,3-4,9H2,1-2H3,(H,15,19)(H,17,18). The summed E-state index contributed by atoms with van der Waals surface area (Å²) in [6.07, 6.45) is 0.707. The number of carbonyl (C=O) groups excluding carboxylic acids is 1. The molecular formula is C14H20N2O3. The van der Waals surface area contributed by atoms with E-state index in [1.54, 1.807) is 12.1 Å². The largest absolute Gasteiger partial charge is 0.481 e. The molecule has 0 aliphatic heterocycles. The Bertz CT molecular complexity index is 429. The number of benzene rings is 1. The van der Waals surface area contributed by atoms with Gasteiger partial charge in [0.05, 0.1) is 0 Å². The fourth-order valence-corrected chi connectivity index (χ4v) is 1.68. The lowest BCUT2D eigenvalue weighted by molar-refractivity contribution is -0.137. The highest BCUT2D eigenvalue weighted by molar-refractivity contribution is 5.94. The Labute approximate surface area is 113 Å². The number of carbonyl (C=O) groups is 2. The normalized spacial score (nSPS) is 11.7. The molecule has 0 aliphatic rings. The SMILES string of the molecule is CCNC(=O)c1ccc(NC(C)CCC(=O)O)cc1. The number of hydrogen-bond donors (Lipinski definition) is 3. The molecule has 104 valence electrons. The molecule has 5 heteroatoms. The van der Waals surface area contributed by atoms with Gasteiger partial charge in [-0.1, -0.05) is 0 Å². The lowest BCUT2D eigenvalue weighted by atomic mass is 10.1. The van der Waals surface area contributed by atoms with Crippen LogP contribution in [-0.4, -0.2) is 29.6 Å². The van der Waals surface area contributed by atoms with Crippen molar-refractivity contribution in [3.63, 3.8) is 0 Å². The van der Waals surface area contributed by atoms with E-state index in [4.69, 9.17) is 5.11 Å². The second-order valence-corrected chi connectivity index (χ2v) is 4.41. The highest BCUT2D eigenvalue weighted by Gasteiger charge is 2.07. The van der Waals surface area contributed by atoms with Gasteiger partial charge in [0, 0.05) is 30.3 Å². The fraction of sp³-hybridized carbons (Fsp3) is 0.429. The van der Waals surface area contributed by atoms with E-state index in [0.717, 1.165) is 5.69 Å². The summed E-state index contributed by atoms with van der Waals surface area (Å²) in [5.41, 5.74) is 1.50. The molecule has 0 spiro atoms. The summed E-state index contributed by atoms with van der Waals surface area (Å²) < 4.78 is 0. The molecule has 1 unspecified atom stereocenters. The first-order valence-corrected chi connectivity index (χ1v) is 6.39. The number of rotatable bonds is 7. The van der Waals surface area contributed by atoms with E-state index in [9.17, 15) is 9.59 Å². The molecule has 0 aromatic heterocycles. The predicted octanol–water partition coefficient (Wildman–Crippen LogP) is 2.10. The maximum absolute atomic E-state index is 11.6. The molecule has 1 rings (SSSR count). The maximum Gasteiger partial charge on any atom is 0.303 e. The third-order valence-corrected chi connectivity index (χ3v) is 2.69. The van der Waals surface area contributed by atoms with Crippen LogP contribution in [0.4, 0.5) is 5.69 Å². The zero-order chi connectivity index (χ0) is 14.3. The van der Waals surface area contributed by atoms with E-state index in [2.05, 4.69) is 10.6 Å². The molecule has 0 aliphatic carbocycles. The Hall–Kier alpha value is -2.04. The first-order chi connectivity index (χ1) is 9.02. The molecule has 0 heterocycles. The second kappa shape index (κ2) is 7.41. The highest BCUT2D eigenvalue weighted by atomic mass is 16.4. The molecule has 19 heavy (non-hydrogen) atoms. The fourth-order valence-electron chi connectivity index (χ4n) is 1.68. The Morgan fingerprint density at radius 1 is 1.26 bits per heavy atom. The zero-order valence-electron chi connectivity index (χ0n) is 11.3. The van der Waals surface area contributed by atoms with E-state index in [1.165, 1.54) is 0 Å².